The Bertz CT molecular complexity index is 999. The molecule has 176 valence electrons. The second-order valence-corrected chi connectivity index (χ2v) is 8.95. The maximum Gasteiger partial charge on any atom is 0.242 e. The van der Waals surface area contributed by atoms with Crippen molar-refractivity contribution in [3.8, 4) is 17.2 Å². The number of rotatable bonds is 6. The number of ether oxygens (including phenoxy) is 4. The summed E-state index contributed by atoms with van der Waals surface area (Å²) in [6.07, 6.45) is 0.231. The van der Waals surface area contributed by atoms with Crippen molar-refractivity contribution in [3.63, 3.8) is 0 Å². The first kappa shape index (κ1) is 23.3. The summed E-state index contributed by atoms with van der Waals surface area (Å²) in [5.41, 5.74) is 1.64. The van der Waals surface area contributed by atoms with Crippen LogP contribution in [0.3, 0.4) is 0 Å². The van der Waals surface area contributed by atoms with Crippen LogP contribution in [0.2, 0.25) is 0 Å². The third-order valence-corrected chi connectivity index (χ3v) is 7.12. The summed E-state index contributed by atoms with van der Waals surface area (Å²) in [5, 5.41) is -0.184. The van der Waals surface area contributed by atoms with Gasteiger partial charge in [0.15, 0.2) is 11.5 Å². The lowest BCUT2D eigenvalue weighted by molar-refractivity contribution is -0.135. The molecule has 0 saturated carbocycles. The Morgan fingerprint density at radius 2 is 1.73 bits per heavy atom. The van der Waals surface area contributed by atoms with Gasteiger partial charge in [0, 0.05) is 29.7 Å². The SMILES string of the molecule is COc1cc([C@H]2CC(=O)N(CC(=O)N3CCOCC3)c3ccccc3S2)cc(OC)c1OC. The predicted octanol–water partition coefficient (Wildman–Crippen LogP) is 3.14. The Kier molecular flexibility index (Phi) is 7.29. The second-order valence-electron chi connectivity index (χ2n) is 7.71. The van der Waals surface area contributed by atoms with Crippen LogP contribution in [-0.2, 0) is 14.3 Å². The van der Waals surface area contributed by atoms with Gasteiger partial charge in [-0.25, -0.2) is 0 Å². The molecule has 0 spiro atoms. The molecule has 0 unspecified atom stereocenters. The molecule has 1 fully saturated rings. The largest absolute Gasteiger partial charge is 0.493 e. The van der Waals surface area contributed by atoms with Crippen LogP contribution in [-0.4, -0.2) is 70.9 Å². The molecule has 2 aliphatic heterocycles. The molecule has 2 aromatic rings. The molecule has 0 bridgehead atoms. The Hall–Kier alpha value is -2.91. The number of carbonyl (C=O) groups excluding carboxylic acids is 2. The van der Waals surface area contributed by atoms with Gasteiger partial charge in [0.1, 0.15) is 6.54 Å². The predicted molar refractivity (Wildman–Crippen MR) is 126 cm³/mol. The van der Waals surface area contributed by atoms with Crippen LogP contribution in [0.5, 0.6) is 17.2 Å². The van der Waals surface area contributed by atoms with E-state index in [-0.39, 0.29) is 30.0 Å². The van der Waals surface area contributed by atoms with E-state index in [1.54, 1.807) is 42.9 Å². The number of fused-ring (bicyclic) bond motifs is 1. The summed E-state index contributed by atoms with van der Waals surface area (Å²) in [6.45, 7) is 2.15. The van der Waals surface area contributed by atoms with Gasteiger partial charge in [-0.1, -0.05) is 12.1 Å². The molecule has 0 radical (unpaired) electrons. The molecule has 0 aromatic heterocycles. The molecule has 4 rings (SSSR count). The lowest BCUT2D eigenvalue weighted by atomic mass is 10.1. The van der Waals surface area contributed by atoms with Crippen molar-refractivity contribution < 1.29 is 28.5 Å². The normalized spacial score (nSPS) is 18.4. The standard InChI is InChI=1S/C24H28N2O6S/c1-29-18-12-16(13-19(30-2)24(18)31-3)21-14-22(27)26(17-6-4-5-7-20(17)33-21)15-23(28)25-8-10-32-11-9-25/h4-7,12-13,21H,8-11,14-15H2,1-3H3/t21-/m1/s1. The summed E-state index contributed by atoms with van der Waals surface area (Å²) < 4.78 is 21.8. The van der Waals surface area contributed by atoms with E-state index < -0.39 is 0 Å². The molecule has 0 N–H and O–H groups in total. The zero-order valence-corrected chi connectivity index (χ0v) is 19.9. The smallest absolute Gasteiger partial charge is 0.242 e. The lowest BCUT2D eigenvalue weighted by Crippen LogP contribution is -2.47. The van der Waals surface area contributed by atoms with Crippen LogP contribution in [0.15, 0.2) is 41.3 Å². The van der Waals surface area contributed by atoms with Gasteiger partial charge in [-0.3, -0.25) is 9.59 Å². The molecule has 2 heterocycles. The number of carbonyl (C=O) groups is 2. The van der Waals surface area contributed by atoms with Gasteiger partial charge >= 0.3 is 0 Å². The highest BCUT2D eigenvalue weighted by atomic mass is 32.2. The van der Waals surface area contributed by atoms with Gasteiger partial charge in [-0.2, -0.15) is 0 Å². The number of hydrogen-bond donors (Lipinski definition) is 0. The Morgan fingerprint density at radius 3 is 2.36 bits per heavy atom. The van der Waals surface area contributed by atoms with Crippen molar-refractivity contribution in [3.05, 3.63) is 42.0 Å². The average molecular weight is 473 g/mol. The van der Waals surface area contributed by atoms with Crippen molar-refractivity contribution >= 4 is 29.3 Å². The van der Waals surface area contributed by atoms with E-state index in [1.165, 1.54) is 0 Å². The van der Waals surface area contributed by atoms with E-state index in [4.69, 9.17) is 18.9 Å². The first-order valence-electron chi connectivity index (χ1n) is 10.8. The van der Waals surface area contributed by atoms with Crippen LogP contribution in [0.4, 0.5) is 5.69 Å². The number of morpholine rings is 1. The Morgan fingerprint density at radius 1 is 1.06 bits per heavy atom. The minimum atomic E-state index is -0.184. The molecule has 33 heavy (non-hydrogen) atoms. The summed E-state index contributed by atoms with van der Waals surface area (Å²) >= 11 is 1.59. The fourth-order valence-corrected chi connectivity index (χ4v) is 5.33. The maximum atomic E-state index is 13.4. The van der Waals surface area contributed by atoms with Gasteiger partial charge in [0.25, 0.3) is 0 Å². The van der Waals surface area contributed by atoms with Crippen LogP contribution in [0, 0.1) is 0 Å². The second kappa shape index (κ2) is 10.4. The molecule has 9 heteroatoms. The highest BCUT2D eigenvalue weighted by Crippen LogP contribution is 2.49. The zero-order chi connectivity index (χ0) is 23.4. The van der Waals surface area contributed by atoms with Gasteiger partial charge in [0.05, 0.1) is 40.2 Å². The molecule has 2 aromatic carbocycles. The molecule has 1 atom stereocenters. The highest BCUT2D eigenvalue weighted by molar-refractivity contribution is 7.99. The van der Waals surface area contributed by atoms with Crippen LogP contribution >= 0.6 is 11.8 Å². The van der Waals surface area contributed by atoms with Crippen LogP contribution in [0.1, 0.15) is 17.2 Å². The molecular formula is C24H28N2O6S. The number of thioether (sulfide) groups is 1. The van der Waals surface area contributed by atoms with Crippen molar-refractivity contribution in [1.82, 2.24) is 4.90 Å². The molecule has 0 aliphatic carbocycles. The van der Waals surface area contributed by atoms with E-state index in [0.29, 0.717) is 43.6 Å². The van der Waals surface area contributed by atoms with Gasteiger partial charge < -0.3 is 28.7 Å². The number of amides is 2. The molecule has 8 nitrogen and oxygen atoms in total. The molecule has 2 amide bonds. The number of methoxy groups -OCH3 is 3. The van der Waals surface area contributed by atoms with Gasteiger partial charge in [-0.15, -0.1) is 11.8 Å². The third kappa shape index (κ3) is 4.89. The van der Waals surface area contributed by atoms with E-state index in [2.05, 4.69) is 0 Å². The Labute approximate surface area is 197 Å². The summed E-state index contributed by atoms with van der Waals surface area (Å²) in [6, 6.07) is 11.5. The summed E-state index contributed by atoms with van der Waals surface area (Å²) in [4.78, 5) is 30.7. The van der Waals surface area contributed by atoms with E-state index >= 15 is 0 Å². The first-order chi connectivity index (χ1) is 16.0. The maximum absolute atomic E-state index is 13.4. The Balaban J connectivity index is 1.65. The fourth-order valence-electron chi connectivity index (χ4n) is 4.07. The number of para-hydroxylation sites is 1. The van der Waals surface area contributed by atoms with Crippen LogP contribution < -0.4 is 19.1 Å². The zero-order valence-electron chi connectivity index (χ0n) is 19.0. The summed E-state index contributed by atoms with van der Waals surface area (Å²) in [7, 11) is 4.70. The van der Waals surface area contributed by atoms with Crippen molar-refractivity contribution in [1.29, 1.82) is 0 Å². The van der Waals surface area contributed by atoms with E-state index in [1.807, 2.05) is 36.4 Å². The van der Waals surface area contributed by atoms with Crippen LogP contribution in [0.25, 0.3) is 0 Å². The topological polar surface area (TPSA) is 77.5 Å². The average Bonchev–Trinajstić information content (AvgIpc) is 2.99. The monoisotopic (exact) mass is 472 g/mol. The molecule has 2 aliphatic rings. The minimum absolute atomic E-state index is 0.0123. The van der Waals surface area contributed by atoms with E-state index in [9.17, 15) is 9.59 Å². The van der Waals surface area contributed by atoms with Crippen molar-refractivity contribution in [2.24, 2.45) is 0 Å². The van der Waals surface area contributed by atoms with Crippen molar-refractivity contribution in [2.45, 2.75) is 16.6 Å². The summed E-state index contributed by atoms with van der Waals surface area (Å²) in [5.74, 6) is 1.41. The highest BCUT2D eigenvalue weighted by Gasteiger charge is 2.32. The first-order valence-corrected chi connectivity index (χ1v) is 11.6. The number of hydrogen-bond acceptors (Lipinski definition) is 7. The van der Waals surface area contributed by atoms with Gasteiger partial charge in [0.2, 0.25) is 17.6 Å². The quantitative estimate of drug-likeness (QED) is 0.639. The molecular weight excluding hydrogens is 444 g/mol. The van der Waals surface area contributed by atoms with Gasteiger partial charge in [-0.05, 0) is 29.8 Å². The fraction of sp³-hybridized carbons (Fsp3) is 0.417. The van der Waals surface area contributed by atoms with E-state index in [0.717, 1.165) is 16.1 Å². The minimum Gasteiger partial charge on any atom is -0.493 e. The lowest BCUT2D eigenvalue weighted by Gasteiger charge is -2.30. The molecule has 1 saturated heterocycles. The number of nitrogens with zero attached hydrogens (tertiary/aromatic N) is 2. The number of anilines is 1. The number of benzene rings is 2. The van der Waals surface area contributed by atoms with Crippen molar-refractivity contribution in [2.75, 3.05) is 59.1 Å². The third-order valence-electron chi connectivity index (χ3n) is 5.80.